The van der Waals surface area contributed by atoms with Gasteiger partial charge in [0, 0.05) is 163 Å². The smallest absolute Gasteiger partial charge is 1.00 e. The van der Waals surface area contributed by atoms with Gasteiger partial charge in [-0.05, 0) is 238 Å². The molecule has 0 aromatic heterocycles. The number of nitrogens with zero attached hydrogens (tertiary/aromatic N) is 7. The van der Waals surface area contributed by atoms with Crippen molar-refractivity contribution in [2.24, 2.45) is 35.3 Å². The van der Waals surface area contributed by atoms with E-state index in [9.17, 15) is 92.0 Å². The molecule has 6 amide bonds. The summed E-state index contributed by atoms with van der Waals surface area (Å²) in [4.78, 5) is 142. The van der Waals surface area contributed by atoms with Crippen LogP contribution in [0.4, 0.5) is 90.1 Å². The molecular weight excluding hydrogens is 2150 g/mol. The second kappa shape index (κ2) is 60.3. The summed E-state index contributed by atoms with van der Waals surface area (Å²) in [5, 5.41) is 66.8. The number of nitrogens with two attached hydrogens (primary N) is 3. The molecule has 8 aliphatic rings. The molecule has 35 nitrogen and oxygen atoms in total. The monoisotopic (exact) mass is 2300 g/mol. The van der Waals surface area contributed by atoms with Crippen LogP contribution in [0.25, 0.3) is 0 Å². The molecule has 2 radical (unpaired) electrons. The van der Waals surface area contributed by atoms with E-state index in [-0.39, 0.29) is 181 Å². The Morgan fingerprint density at radius 1 is 0.432 bits per heavy atom. The van der Waals surface area contributed by atoms with Crippen molar-refractivity contribution in [2.45, 2.75) is 321 Å². The van der Waals surface area contributed by atoms with Crippen molar-refractivity contribution in [1.29, 1.82) is 1.34 Å². The van der Waals surface area contributed by atoms with E-state index in [1.807, 2.05) is 71.7 Å². The summed E-state index contributed by atoms with van der Waals surface area (Å²) < 4.78 is 59.9. The first-order chi connectivity index (χ1) is 65.0. The number of hydrogen-bond acceptors (Lipinski definition) is 24. The Balaban J connectivity index is 0.000000571. The van der Waals surface area contributed by atoms with E-state index >= 15 is 0 Å². The summed E-state index contributed by atoms with van der Waals surface area (Å²) >= 11 is 2.15. The number of nitrogen functional groups attached to an aromatic ring is 2. The number of nitrogens with one attached hydrogen (secondary N) is 5. The standard InChI is InChI=1S/C23H34N4O5.C23H36N4O3.C14H17FN2O3.C14H16FNO3.C9H18N2O2.C7H12O2.C6H5FN2O2.CH3I.BH.Na.U.H/c1-23(2,3)32-22(29)25-17-12-16(13-17)24-19-11-10-18(14-20(19)27(30)31)26(4)21(28)15-8-6-5-7-9-15;1-23(2,3)30-22(29)26-17-12-16(13-17)25-20-11-10-18(14-19(20)24)27(4)21(28)15-8-6-5-7-9-15;1-16(14(18)10-5-3-2-4-6-10)11-7-8-12(15)13(9-11)17(19)20;15-12-7-6-10(8-13(12)16(18)19)9-14(17)11-4-2-1-3-5-11;1-9(2,3)13-8(12)11-7-4-6(10)5-7;8-7(9)6-4-2-1-3-5-6;7-5-2-1-4(8)3-6(5)9(10)11;1-2;;;;/h10-11,14-17,24H,5-9,12-13H2,1-4H3,(H,25,29);10-11,14-17,25H,5-9,12-13,24H2,1-4H3,(H,26,29);7-10H,2-6H2,1H3;6-8,11H,1-5,9H2;6-7H,4-5,10H2,1-3H3,(H,11,12);6H,1-5H2,(H,8,9);1-3H,8H2;1H3;1H;;;/q;;;;;;;;;+1;;-1/i;;;;;;;;1T;;;. The average molecular weight is 2300 g/mol. The van der Waals surface area contributed by atoms with Crippen LogP contribution in [0.3, 0.4) is 0 Å². The fourth-order valence-corrected chi connectivity index (χ4v) is 16.9. The number of nitro groups is 4. The third-order valence-electron chi connectivity index (χ3n) is 24.5. The van der Waals surface area contributed by atoms with E-state index in [0.29, 0.717) is 41.2 Å². The maximum atomic E-state index is 13.3. The van der Waals surface area contributed by atoms with Gasteiger partial charge in [0.15, 0.2) is 0 Å². The number of amides is 6. The molecular formula is C97H143BF3IN15NaO20U. The molecule has 0 saturated heterocycles. The summed E-state index contributed by atoms with van der Waals surface area (Å²) in [5.41, 5.74) is 18.0. The fraction of sp³-hybridized carbons (Fsp3) is 0.608. The minimum Gasteiger partial charge on any atom is -1.00 e. The molecule has 8 fully saturated rings. The maximum absolute atomic E-state index is 13.3. The average Bonchev–Trinajstić information content (AvgIpc) is 0.811. The van der Waals surface area contributed by atoms with Gasteiger partial charge in [-0.2, -0.15) is 13.2 Å². The summed E-state index contributed by atoms with van der Waals surface area (Å²) in [6, 6.07) is 21.8. The number of nitro benzene ring substituents is 4. The molecule has 5 aromatic rings. The van der Waals surface area contributed by atoms with Crippen LogP contribution in [0.2, 0.25) is 0 Å². The molecule has 13 rings (SSSR count). The van der Waals surface area contributed by atoms with Gasteiger partial charge in [0.2, 0.25) is 35.2 Å². The van der Waals surface area contributed by atoms with Crippen LogP contribution >= 0.6 is 22.6 Å². The van der Waals surface area contributed by atoms with E-state index < -0.39 is 83.1 Å². The van der Waals surface area contributed by atoms with Crippen LogP contribution < -0.4 is 88.0 Å². The maximum Gasteiger partial charge on any atom is 1.00 e. The van der Waals surface area contributed by atoms with Gasteiger partial charge in [-0.15, -0.1) is 0 Å². The largest absolute Gasteiger partial charge is 1.00 e. The number of aliphatic carboxylic acids is 1. The van der Waals surface area contributed by atoms with Crippen LogP contribution in [0.1, 0.15) is 268 Å². The van der Waals surface area contributed by atoms with Crippen LogP contribution in [0.15, 0.2) is 91.0 Å². The van der Waals surface area contributed by atoms with Gasteiger partial charge in [-0.1, -0.05) is 125 Å². The van der Waals surface area contributed by atoms with Gasteiger partial charge < -0.3 is 79.2 Å². The number of carbonyl (C=O) groups excluding carboxylic acids is 7. The number of ketones is 1. The Morgan fingerprint density at radius 2 is 0.719 bits per heavy atom. The first kappa shape index (κ1) is 122. The molecule has 0 bridgehead atoms. The Morgan fingerprint density at radius 3 is 1.04 bits per heavy atom. The third kappa shape index (κ3) is 43.3. The molecule has 762 valence electrons. The van der Waals surface area contributed by atoms with Crippen LogP contribution in [0.5, 0.6) is 0 Å². The number of benzene rings is 5. The number of alkyl halides is 1. The van der Waals surface area contributed by atoms with Gasteiger partial charge in [-0.3, -0.25) is 64.4 Å². The van der Waals surface area contributed by atoms with Crippen molar-refractivity contribution >= 4 is 141 Å². The van der Waals surface area contributed by atoms with Crippen LogP contribution in [0, 0.1) is 119 Å². The Bertz CT molecular complexity index is 4860. The number of halogens is 4. The van der Waals surface area contributed by atoms with Crippen molar-refractivity contribution in [3.63, 3.8) is 0 Å². The molecule has 0 aliphatic heterocycles. The summed E-state index contributed by atoms with van der Waals surface area (Å²) in [6.45, 7) is 16.5. The topological polar surface area (TPSA) is 505 Å². The van der Waals surface area contributed by atoms with E-state index in [1.165, 1.54) is 53.3 Å². The van der Waals surface area contributed by atoms with E-state index in [4.69, 9.17) is 37.9 Å². The minimum absolute atomic E-state index is 0. The predicted molar refractivity (Wildman–Crippen MR) is 535 cm³/mol. The number of alkyl carbamates (subject to hydrolysis) is 3. The van der Waals surface area contributed by atoms with Crippen molar-refractivity contribution in [1.82, 2.24) is 16.0 Å². The number of ether oxygens (including phenoxy) is 3. The fourth-order valence-electron chi connectivity index (χ4n) is 16.9. The van der Waals surface area contributed by atoms with Crippen molar-refractivity contribution in [2.75, 3.05) is 62.9 Å². The Kier molecular flexibility index (Phi) is 53.0. The number of hydrogen-bond donors (Lipinski definition) is 9. The molecule has 0 spiro atoms. The zero-order valence-corrected chi connectivity index (χ0v) is 91.1. The summed E-state index contributed by atoms with van der Waals surface area (Å²) in [7, 11) is 8.84. The number of rotatable bonds is 21. The van der Waals surface area contributed by atoms with Gasteiger partial charge >= 0.3 is 70.9 Å². The van der Waals surface area contributed by atoms with Gasteiger partial charge in [0.1, 0.15) is 28.3 Å². The van der Waals surface area contributed by atoms with E-state index in [0.717, 1.165) is 215 Å². The van der Waals surface area contributed by atoms with Gasteiger partial charge in [0.25, 0.3) is 5.69 Å². The van der Waals surface area contributed by atoms with E-state index in [2.05, 4.69) is 57.6 Å². The van der Waals surface area contributed by atoms with Gasteiger partial charge in [0.05, 0.1) is 48.4 Å². The van der Waals surface area contributed by atoms with Crippen LogP contribution in [-0.2, 0) is 44.6 Å². The molecule has 12 N–H and O–H groups in total. The van der Waals surface area contributed by atoms with Crippen molar-refractivity contribution < 1.29 is 153 Å². The molecule has 139 heavy (non-hydrogen) atoms. The number of anilines is 7. The number of carbonyl (C=O) groups is 8. The zero-order valence-electron chi connectivity index (χ0n) is 84.8. The van der Waals surface area contributed by atoms with E-state index in [1.54, 1.807) is 51.9 Å². The van der Waals surface area contributed by atoms with Crippen molar-refractivity contribution in [3.05, 3.63) is 154 Å². The molecule has 42 heteroatoms. The SMILES string of the molecule is CC(C)(C)OC(=O)NC1CC(N)C1.CI.CN(C(=O)C1CCCCC1)c1ccc(F)c([N+](=O)[O-])c1.CN(C(=O)C1CCCCC1)c1ccc(NC2CC(NC(=O)OC(C)(C)C)C2)c(N)c1.CN(C(=O)C1CCCCC1)c1ccc(NC2CC(NC(=O)OC(C)(C)C)C2)c([N+](=O)[O-])c1.Nc1ccc(F)c([N+](=O)[O-])c1.O=C(Cc1ccc(F)c([N+](=O)[O-])c1)C1CCCCC1.O=C(O)C1CCCCC1.[3H][B].[H-].[Na+].[U]. The molecule has 8 aliphatic carbocycles. The molecule has 5 aromatic carbocycles. The normalized spacial score (nSPS) is 19.0. The second-order valence-corrected chi connectivity index (χ2v) is 38.9. The number of carboxylic acid groups (broad SMARTS) is 1. The third-order valence-corrected chi connectivity index (χ3v) is 24.5. The van der Waals surface area contributed by atoms with Crippen molar-refractivity contribution in [3.8, 4) is 0 Å². The number of Topliss-reactive ketones (excluding diaryl/α,β-unsaturated/α-hetero) is 1. The Hall–Kier alpha value is -9.14. The number of carboxylic acids is 1. The Labute approximate surface area is 877 Å². The van der Waals surface area contributed by atoms with Gasteiger partial charge in [-0.25, -0.2) is 14.4 Å². The summed E-state index contributed by atoms with van der Waals surface area (Å²) in [5.74, 6) is -2.82. The van der Waals surface area contributed by atoms with Crippen LogP contribution in [-0.4, -0.2) is 161 Å². The zero-order chi connectivity index (χ0) is 103. The second-order valence-electron chi connectivity index (χ2n) is 38.9. The summed E-state index contributed by atoms with van der Waals surface area (Å²) in [6.07, 6.45) is 29.4. The minimum atomic E-state index is -0.891. The quantitative estimate of drug-likeness (QED) is 0.00626. The molecule has 0 unspecified atom stereocenters. The predicted octanol–water partition coefficient (Wildman–Crippen LogP) is 17.1. The first-order valence-electron chi connectivity index (χ1n) is 47.6. The molecule has 8 saturated carbocycles. The molecule has 0 atom stereocenters. The molecule has 0 heterocycles. The first-order valence-corrected chi connectivity index (χ1v) is 49.1.